The lowest BCUT2D eigenvalue weighted by Gasteiger charge is -2.30. The molecule has 0 spiro atoms. The molecule has 31 heavy (non-hydrogen) atoms. The maximum atomic E-state index is 13.0. The number of nitrogens with zero attached hydrogens (tertiary/aromatic N) is 3. The Hall–Kier alpha value is -2.62. The summed E-state index contributed by atoms with van der Waals surface area (Å²) in [5, 5.41) is 6.40. The first-order valence-corrected chi connectivity index (χ1v) is 12.6. The highest BCUT2D eigenvalue weighted by atomic mass is 32.1. The Morgan fingerprint density at radius 3 is 2.61 bits per heavy atom. The molecule has 0 atom stereocenters. The zero-order valence-electron chi connectivity index (χ0n) is 16.8. The lowest BCUT2D eigenvalue weighted by molar-refractivity contribution is -0.121. The van der Waals surface area contributed by atoms with Crippen LogP contribution in [0.2, 0.25) is 0 Å². The number of aromatic nitrogens is 2. The van der Waals surface area contributed by atoms with Crippen molar-refractivity contribution in [2.75, 3.05) is 18.4 Å². The van der Waals surface area contributed by atoms with E-state index in [0.717, 1.165) is 30.7 Å². The van der Waals surface area contributed by atoms with Crippen molar-refractivity contribution in [1.29, 1.82) is 0 Å². The van der Waals surface area contributed by atoms with Gasteiger partial charge in [-0.2, -0.15) is 0 Å². The molecule has 1 aliphatic heterocycles. The standard InChI is InChI=1S/C22H20N4O2S3/c1-13-12-29-22(23-13)25-19(27)14-8-10-26(11-9-14)21(28)18-7-6-17(30-18)20-24-15-4-2-3-5-16(15)31-20/h2-7,12,14H,8-11H2,1H3,(H,23,25,27). The van der Waals surface area contributed by atoms with Gasteiger partial charge in [-0.15, -0.1) is 34.0 Å². The summed E-state index contributed by atoms with van der Waals surface area (Å²) in [5.74, 6) is -0.0580. The van der Waals surface area contributed by atoms with Crippen LogP contribution in [0.3, 0.4) is 0 Å². The second-order valence-corrected chi connectivity index (χ2v) is 10.5. The lowest BCUT2D eigenvalue weighted by atomic mass is 9.96. The molecule has 4 heterocycles. The van der Waals surface area contributed by atoms with E-state index in [2.05, 4.69) is 21.4 Å². The number of hydrogen-bond donors (Lipinski definition) is 1. The van der Waals surface area contributed by atoms with Gasteiger partial charge in [-0.05, 0) is 44.0 Å². The number of amides is 2. The van der Waals surface area contributed by atoms with E-state index < -0.39 is 0 Å². The number of carbonyl (C=O) groups excluding carboxylic acids is 2. The van der Waals surface area contributed by atoms with E-state index in [1.165, 1.54) is 22.7 Å². The Kier molecular flexibility index (Phi) is 5.56. The van der Waals surface area contributed by atoms with Gasteiger partial charge in [0.1, 0.15) is 5.01 Å². The van der Waals surface area contributed by atoms with Gasteiger partial charge in [0.05, 0.1) is 25.7 Å². The molecule has 0 unspecified atom stereocenters. The molecule has 1 N–H and O–H groups in total. The maximum Gasteiger partial charge on any atom is 0.263 e. The van der Waals surface area contributed by atoms with Crippen LogP contribution in [0.15, 0.2) is 41.8 Å². The van der Waals surface area contributed by atoms with E-state index in [-0.39, 0.29) is 17.7 Å². The number of rotatable bonds is 4. The van der Waals surface area contributed by atoms with Crippen molar-refractivity contribution in [3.63, 3.8) is 0 Å². The fourth-order valence-electron chi connectivity index (χ4n) is 3.66. The summed E-state index contributed by atoms with van der Waals surface area (Å²) in [6.07, 6.45) is 1.33. The van der Waals surface area contributed by atoms with Crippen molar-refractivity contribution in [3.8, 4) is 9.88 Å². The molecular weight excluding hydrogens is 448 g/mol. The molecule has 0 saturated carbocycles. The van der Waals surface area contributed by atoms with Crippen molar-refractivity contribution in [2.24, 2.45) is 5.92 Å². The third-order valence-corrected chi connectivity index (χ3v) is 8.48. The third kappa shape index (κ3) is 4.26. The number of fused-ring (bicyclic) bond motifs is 1. The highest BCUT2D eigenvalue weighted by Gasteiger charge is 2.29. The number of nitrogens with one attached hydrogen (secondary N) is 1. The minimum atomic E-state index is -0.0881. The summed E-state index contributed by atoms with van der Waals surface area (Å²) in [4.78, 5) is 38.1. The highest BCUT2D eigenvalue weighted by molar-refractivity contribution is 7.26. The first-order valence-electron chi connectivity index (χ1n) is 10.0. The first-order chi connectivity index (χ1) is 15.1. The van der Waals surface area contributed by atoms with Crippen molar-refractivity contribution < 1.29 is 9.59 Å². The molecule has 1 aliphatic rings. The van der Waals surface area contributed by atoms with E-state index in [4.69, 9.17) is 0 Å². The van der Waals surface area contributed by atoms with Crippen molar-refractivity contribution >= 4 is 61.2 Å². The number of aryl methyl sites for hydroxylation is 1. The molecule has 1 fully saturated rings. The molecule has 0 bridgehead atoms. The minimum Gasteiger partial charge on any atom is -0.338 e. The number of thiophene rings is 1. The number of para-hydroxylation sites is 1. The summed E-state index contributed by atoms with van der Waals surface area (Å²) < 4.78 is 1.15. The van der Waals surface area contributed by atoms with Crippen LogP contribution in [-0.4, -0.2) is 39.8 Å². The van der Waals surface area contributed by atoms with Gasteiger partial charge in [-0.1, -0.05) is 12.1 Å². The average molecular weight is 469 g/mol. The molecule has 1 saturated heterocycles. The largest absolute Gasteiger partial charge is 0.338 e. The van der Waals surface area contributed by atoms with Gasteiger partial charge in [0.2, 0.25) is 5.91 Å². The smallest absolute Gasteiger partial charge is 0.263 e. The van der Waals surface area contributed by atoms with Crippen molar-refractivity contribution in [2.45, 2.75) is 19.8 Å². The zero-order chi connectivity index (χ0) is 21.4. The molecule has 158 valence electrons. The van der Waals surface area contributed by atoms with Crippen LogP contribution >= 0.6 is 34.0 Å². The summed E-state index contributed by atoms with van der Waals surface area (Å²) in [6.45, 7) is 3.08. The van der Waals surface area contributed by atoms with Gasteiger partial charge in [0.15, 0.2) is 5.13 Å². The summed E-state index contributed by atoms with van der Waals surface area (Å²) in [6, 6.07) is 11.9. The number of likely N-dealkylation sites (tertiary alicyclic amines) is 1. The predicted molar refractivity (Wildman–Crippen MR) is 127 cm³/mol. The van der Waals surface area contributed by atoms with Crippen LogP contribution < -0.4 is 5.32 Å². The molecule has 5 rings (SSSR count). The van der Waals surface area contributed by atoms with Gasteiger partial charge in [-0.3, -0.25) is 9.59 Å². The van der Waals surface area contributed by atoms with Crippen molar-refractivity contribution in [3.05, 3.63) is 52.3 Å². The third-order valence-electron chi connectivity index (χ3n) is 5.32. The number of carbonyl (C=O) groups is 2. The molecule has 9 heteroatoms. The molecule has 0 aliphatic carbocycles. The van der Waals surface area contributed by atoms with Crippen LogP contribution in [-0.2, 0) is 4.79 Å². The van der Waals surface area contributed by atoms with Crippen LogP contribution in [0.25, 0.3) is 20.1 Å². The Labute approximate surface area is 191 Å². The Morgan fingerprint density at radius 1 is 1.06 bits per heavy atom. The molecule has 3 aromatic heterocycles. The van der Waals surface area contributed by atoms with Gasteiger partial charge in [0.25, 0.3) is 5.91 Å². The van der Waals surface area contributed by atoms with Crippen LogP contribution in [0.4, 0.5) is 5.13 Å². The van der Waals surface area contributed by atoms with Gasteiger partial charge < -0.3 is 10.2 Å². The number of anilines is 1. The normalized spacial score (nSPS) is 14.8. The second-order valence-electron chi connectivity index (χ2n) is 7.50. The Bertz CT molecular complexity index is 1220. The maximum absolute atomic E-state index is 13.0. The first kappa shape index (κ1) is 20.3. The Balaban J connectivity index is 1.21. The van der Waals surface area contributed by atoms with E-state index in [1.807, 2.05) is 47.5 Å². The predicted octanol–water partition coefficient (Wildman–Crippen LogP) is 5.28. The second kappa shape index (κ2) is 8.49. The molecule has 0 radical (unpaired) electrons. The molecule has 6 nitrogen and oxygen atoms in total. The van der Waals surface area contributed by atoms with Crippen LogP contribution in [0.1, 0.15) is 28.2 Å². The number of benzene rings is 1. The molecule has 4 aromatic rings. The van der Waals surface area contributed by atoms with E-state index in [0.29, 0.717) is 31.1 Å². The van der Waals surface area contributed by atoms with Gasteiger partial charge >= 0.3 is 0 Å². The number of thiazole rings is 2. The number of hydrogen-bond acceptors (Lipinski definition) is 7. The lowest BCUT2D eigenvalue weighted by Crippen LogP contribution is -2.41. The summed E-state index contributed by atoms with van der Waals surface area (Å²) in [5.41, 5.74) is 1.89. The quantitative estimate of drug-likeness (QED) is 0.442. The number of piperidine rings is 1. The molecular formula is C22H20N4O2S3. The fraction of sp³-hybridized carbons (Fsp3) is 0.273. The molecule has 2 amide bonds. The monoisotopic (exact) mass is 468 g/mol. The Morgan fingerprint density at radius 2 is 1.87 bits per heavy atom. The summed E-state index contributed by atoms with van der Waals surface area (Å²) in [7, 11) is 0. The SMILES string of the molecule is Cc1csc(NC(=O)C2CCN(C(=O)c3ccc(-c4nc5ccccc5s4)s3)CC2)n1. The minimum absolute atomic E-state index is 0.00399. The van der Waals surface area contributed by atoms with Crippen LogP contribution in [0, 0.1) is 12.8 Å². The topological polar surface area (TPSA) is 75.2 Å². The molecule has 1 aromatic carbocycles. The van der Waals surface area contributed by atoms with E-state index >= 15 is 0 Å². The van der Waals surface area contributed by atoms with Crippen LogP contribution in [0.5, 0.6) is 0 Å². The highest BCUT2D eigenvalue weighted by Crippen LogP contribution is 2.35. The fourth-order valence-corrected chi connectivity index (χ4v) is 6.35. The van der Waals surface area contributed by atoms with Gasteiger partial charge in [-0.25, -0.2) is 9.97 Å². The van der Waals surface area contributed by atoms with Crippen molar-refractivity contribution in [1.82, 2.24) is 14.9 Å². The average Bonchev–Trinajstić information content (AvgIpc) is 3.52. The summed E-state index contributed by atoms with van der Waals surface area (Å²) >= 11 is 4.56. The van der Waals surface area contributed by atoms with E-state index in [9.17, 15) is 9.59 Å². The van der Waals surface area contributed by atoms with E-state index in [1.54, 1.807) is 11.3 Å². The van der Waals surface area contributed by atoms with Gasteiger partial charge in [0, 0.05) is 24.4 Å². The zero-order valence-corrected chi connectivity index (χ0v) is 19.3.